The Kier molecular flexibility index (Phi) is 5.46. The van der Waals surface area contributed by atoms with Crippen LogP contribution in [0.1, 0.15) is 55.8 Å². The zero-order chi connectivity index (χ0) is 24.2. The van der Waals surface area contributed by atoms with E-state index >= 15 is 0 Å². The molecule has 4 aliphatic carbocycles. The first-order valence-corrected chi connectivity index (χ1v) is 12.9. The van der Waals surface area contributed by atoms with E-state index in [-0.39, 0.29) is 17.4 Å². The molecule has 7 rings (SSSR count). The smallest absolute Gasteiger partial charge is 0.252 e. The first-order valence-electron chi connectivity index (χ1n) is 12.9. The normalized spacial score (nSPS) is 27.6. The van der Waals surface area contributed by atoms with Crippen molar-refractivity contribution in [3.8, 4) is 22.8 Å². The average molecular weight is 471 g/mol. The fraction of sp³-hybridized carbons (Fsp3) is 0.467. The van der Waals surface area contributed by atoms with Crippen LogP contribution in [0, 0.1) is 23.2 Å². The number of methoxy groups -OCH3 is 2. The van der Waals surface area contributed by atoms with Crippen molar-refractivity contribution >= 4 is 16.8 Å². The van der Waals surface area contributed by atoms with Gasteiger partial charge in [0.05, 0.1) is 31.0 Å². The molecule has 5 nitrogen and oxygen atoms in total. The lowest BCUT2D eigenvalue weighted by atomic mass is 9.48. The Morgan fingerprint density at radius 1 is 0.943 bits per heavy atom. The Morgan fingerprint density at radius 3 is 2.26 bits per heavy atom. The molecule has 5 heteroatoms. The molecule has 1 amide bonds. The van der Waals surface area contributed by atoms with Gasteiger partial charge in [-0.05, 0) is 98.9 Å². The predicted molar refractivity (Wildman–Crippen MR) is 138 cm³/mol. The van der Waals surface area contributed by atoms with Crippen LogP contribution in [0.2, 0.25) is 0 Å². The van der Waals surface area contributed by atoms with E-state index in [0.29, 0.717) is 17.1 Å². The number of carbonyl (C=O) groups is 1. The molecule has 3 aromatic rings. The molecule has 0 radical (unpaired) electrons. The molecule has 4 bridgehead atoms. The fourth-order valence-electron chi connectivity index (χ4n) is 7.64. The summed E-state index contributed by atoms with van der Waals surface area (Å²) >= 11 is 0. The summed E-state index contributed by atoms with van der Waals surface area (Å²) < 4.78 is 10.9. The minimum absolute atomic E-state index is 0.00595. The van der Waals surface area contributed by atoms with Crippen molar-refractivity contribution in [1.82, 2.24) is 10.3 Å². The molecule has 2 aromatic carbocycles. The summed E-state index contributed by atoms with van der Waals surface area (Å²) in [6.07, 6.45) is 8.04. The standard InChI is InChI=1S/C30H34N2O3/c1-18(30-15-19-10-20(16-30)12-21(11-19)17-30)31-29(33)24-14-26(32-25-7-5-4-6-23(24)25)22-8-9-27(34-2)28(13-22)35-3/h4-9,13-14,18-21H,10-12,15-17H2,1-3H3,(H,31,33). The van der Waals surface area contributed by atoms with E-state index in [1.54, 1.807) is 14.2 Å². The van der Waals surface area contributed by atoms with Gasteiger partial charge in [-0.1, -0.05) is 18.2 Å². The maximum atomic E-state index is 13.8. The molecule has 182 valence electrons. The highest BCUT2D eigenvalue weighted by Crippen LogP contribution is 2.61. The summed E-state index contributed by atoms with van der Waals surface area (Å²) in [5.41, 5.74) is 3.39. The molecule has 0 spiro atoms. The number of benzene rings is 2. The molecule has 35 heavy (non-hydrogen) atoms. The third kappa shape index (κ3) is 3.85. The monoisotopic (exact) mass is 470 g/mol. The van der Waals surface area contributed by atoms with E-state index in [1.165, 1.54) is 38.5 Å². The molecule has 4 fully saturated rings. The maximum Gasteiger partial charge on any atom is 0.252 e. The summed E-state index contributed by atoms with van der Waals surface area (Å²) in [6, 6.07) is 15.7. The van der Waals surface area contributed by atoms with Crippen molar-refractivity contribution in [3.05, 3.63) is 54.1 Å². The largest absolute Gasteiger partial charge is 0.493 e. The van der Waals surface area contributed by atoms with E-state index in [4.69, 9.17) is 14.5 Å². The van der Waals surface area contributed by atoms with Crippen LogP contribution in [0.5, 0.6) is 11.5 Å². The highest BCUT2D eigenvalue weighted by molar-refractivity contribution is 6.07. The topological polar surface area (TPSA) is 60.5 Å². The molecule has 0 aliphatic heterocycles. The zero-order valence-electron chi connectivity index (χ0n) is 20.8. The minimum Gasteiger partial charge on any atom is -0.493 e. The molecule has 4 aliphatic rings. The van der Waals surface area contributed by atoms with Crippen LogP contribution in [-0.2, 0) is 0 Å². The molecular weight excluding hydrogens is 436 g/mol. The SMILES string of the molecule is COc1ccc(-c2cc(C(=O)NC(C)C34CC5CC(CC(C5)C3)C4)c3ccccc3n2)cc1OC. The van der Waals surface area contributed by atoms with Gasteiger partial charge in [-0.25, -0.2) is 4.98 Å². The molecule has 1 heterocycles. The van der Waals surface area contributed by atoms with Crippen molar-refractivity contribution in [2.45, 2.75) is 51.5 Å². The van der Waals surface area contributed by atoms with Crippen molar-refractivity contribution in [1.29, 1.82) is 0 Å². The predicted octanol–water partition coefficient (Wildman–Crippen LogP) is 6.25. The second-order valence-corrected chi connectivity index (χ2v) is 11.1. The number of nitrogens with zero attached hydrogens (tertiary/aromatic N) is 1. The van der Waals surface area contributed by atoms with Crippen molar-refractivity contribution in [2.24, 2.45) is 23.2 Å². The van der Waals surface area contributed by atoms with E-state index in [0.717, 1.165) is 39.9 Å². The van der Waals surface area contributed by atoms with Gasteiger partial charge in [0, 0.05) is 17.0 Å². The highest BCUT2D eigenvalue weighted by Gasteiger charge is 2.53. The minimum atomic E-state index is -0.00595. The Morgan fingerprint density at radius 2 is 1.60 bits per heavy atom. The van der Waals surface area contributed by atoms with Crippen molar-refractivity contribution < 1.29 is 14.3 Å². The molecule has 0 saturated heterocycles. The Labute approximate surface area is 207 Å². The van der Waals surface area contributed by atoms with Crippen LogP contribution in [0.15, 0.2) is 48.5 Å². The third-order valence-electron chi connectivity index (χ3n) is 8.99. The van der Waals surface area contributed by atoms with Crippen LogP contribution in [0.3, 0.4) is 0 Å². The third-order valence-corrected chi connectivity index (χ3v) is 8.99. The lowest BCUT2D eigenvalue weighted by Crippen LogP contribution is -2.55. The van der Waals surface area contributed by atoms with Crippen LogP contribution < -0.4 is 14.8 Å². The Balaban J connectivity index is 1.34. The second kappa shape index (κ2) is 8.54. The van der Waals surface area contributed by atoms with Gasteiger partial charge in [0.1, 0.15) is 0 Å². The number of fused-ring (bicyclic) bond motifs is 1. The first kappa shape index (κ1) is 22.4. The number of aromatic nitrogens is 1. The van der Waals surface area contributed by atoms with Gasteiger partial charge in [0.15, 0.2) is 11.5 Å². The lowest BCUT2D eigenvalue weighted by Gasteiger charge is -2.59. The number of pyridine rings is 1. The molecule has 1 aromatic heterocycles. The summed E-state index contributed by atoms with van der Waals surface area (Å²) in [6.45, 7) is 2.24. The molecule has 1 N–H and O–H groups in total. The Hall–Kier alpha value is -3.08. The number of rotatable bonds is 6. The van der Waals surface area contributed by atoms with Gasteiger partial charge in [-0.3, -0.25) is 4.79 Å². The Bertz CT molecular complexity index is 1250. The lowest BCUT2D eigenvalue weighted by molar-refractivity contribution is -0.0687. The summed E-state index contributed by atoms with van der Waals surface area (Å²) in [5, 5.41) is 4.33. The van der Waals surface area contributed by atoms with Crippen molar-refractivity contribution in [2.75, 3.05) is 14.2 Å². The fourth-order valence-corrected chi connectivity index (χ4v) is 7.64. The maximum absolute atomic E-state index is 13.8. The summed E-state index contributed by atoms with van der Waals surface area (Å²) in [7, 11) is 3.25. The van der Waals surface area contributed by atoms with Gasteiger partial charge in [0.25, 0.3) is 5.91 Å². The molecule has 4 saturated carbocycles. The van der Waals surface area contributed by atoms with E-state index in [1.807, 2.05) is 48.5 Å². The van der Waals surface area contributed by atoms with Gasteiger partial charge < -0.3 is 14.8 Å². The van der Waals surface area contributed by atoms with E-state index in [9.17, 15) is 4.79 Å². The van der Waals surface area contributed by atoms with Gasteiger partial charge in [0.2, 0.25) is 0 Å². The molecule has 1 atom stereocenters. The summed E-state index contributed by atoms with van der Waals surface area (Å²) in [5.74, 6) is 3.88. The van der Waals surface area contributed by atoms with E-state index in [2.05, 4.69) is 12.2 Å². The van der Waals surface area contributed by atoms with Crippen LogP contribution in [0.4, 0.5) is 0 Å². The highest BCUT2D eigenvalue weighted by atomic mass is 16.5. The second-order valence-electron chi connectivity index (χ2n) is 11.1. The van der Waals surface area contributed by atoms with Gasteiger partial charge in [-0.2, -0.15) is 0 Å². The van der Waals surface area contributed by atoms with E-state index < -0.39 is 0 Å². The molecular formula is C30H34N2O3. The average Bonchev–Trinajstić information content (AvgIpc) is 2.86. The zero-order valence-corrected chi connectivity index (χ0v) is 20.8. The first-order chi connectivity index (χ1) is 17.0. The quantitative estimate of drug-likeness (QED) is 0.462. The van der Waals surface area contributed by atoms with Gasteiger partial charge >= 0.3 is 0 Å². The summed E-state index contributed by atoms with van der Waals surface area (Å²) in [4.78, 5) is 18.7. The molecule has 1 unspecified atom stereocenters. The number of para-hydroxylation sites is 1. The van der Waals surface area contributed by atoms with Gasteiger partial charge in [-0.15, -0.1) is 0 Å². The number of amides is 1. The number of nitrogens with one attached hydrogen (secondary N) is 1. The number of hydrogen-bond acceptors (Lipinski definition) is 4. The number of ether oxygens (including phenoxy) is 2. The number of hydrogen-bond donors (Lipinski definition) is 1. The van der Waals surface area contributed by atoms with Crippen LogP contribution in [-0.4, -0.2) is 31.2 Å². The van der Waals surface area contributed by atoms with Crippen LogP contribution in [0.25, 0.3) is 22.2 Å². The number of carbonyl (C=O) groups excluding carboxylic acids is 1. The van der Waals surface area contributed by atoms with Crippen LogP contribution >= 0.6 is 0 Å². The van der Waals surface area contributed by atoms with Crippen molar-refractivity contribution in [3.63, 3.8) is 0 Å².